The number of nitrogens with zero attached hydrogens (tertiary/aromatic N) is 1. The van der Waals surface area contributed by atoms with Crippen molar-refractivity contribution in [3.8, 4) is 0 Å². The van der Waals surface area contributed by atoms with E-state index in [0.29, 0.717) is 13.0 Å². The minimum absolute atomic E-state index is 0.252. The van der Waals surface area contributed by atoms with Gasteiger partial charge in [-0.15, -0.1) is 0 Å². The fourth-order valence-corrected chi connectivity index (χ4v) is 1.38. The predicted molar refractivity (Wildman–Crippen MR) is 42.0 cm³/mol. The molecule has 0 aliphatic carbocycles. The molecule has 1 fully saturated rings. The van der Waals surface area contributed by atoms with Crippen LogP contribution >= 0.6 is 0 Å². The van der Waals surface area contributed by atoms with E-state index in [1.807, 2.05) is 0 Å². The molecular formula is C7H13FN2O2. The zero-order chi connectivity index (χ0) is 9.14. The van der Waals surface area contributed by atoms with E-state index in [4.69, 9.17) is 5.11 Å². The molecule has 4 nitrogen and oxygen atoms in total. The van der Waals surface area contributed by atoms with Crippen LogP contribution in [0, 0.1) is 0 Å². The summed E-state index contributed by atoms with van der Waals surface area (Å²) in [5, 5.41) is 11.5. The summed E-state index contributed by atoms with van der Waals surface area (Å²) in [5.74, 6) is 0. The molecule has 1 heterocycles. The Morgan fingerprint density at radius 2 is 2.42 bits per heavy atom. The highest BCUT2D eigenvalue weighted by molar-refractivity contribution is 5.65. The summed E-state index contributed by atoms with van der Waals surface area (Å²) in [6, 6.07) is -0.483. The number of rotatable bonds is 1. The second kappa shape index (κ2) is 3.71. The number of nitrogens with one attached hydrogen (secondary N) is 1. The lowest BCUT2D eigenvalue weighted by molar-refractivity contribution is 0.0894. The number of amides is 1. The van der Waals surface area contributed by atoms with Crippen LogP contribution in [-0.4, -0.2) is 48.5 Å². The van der Waals surface area contributed by atoms with E-state index in [2.05, 4.69) is 5.32 Å². The Labute approximate surface area is 70.4 Å². The Morgan fingerprint density at radius 3 is 2.92 bits per heavy atom. The highest BCUT2D eigenvalue weighted by Gasteiger charge is 2.30. The first-order valence-corrected chi connectivity index (χ1v) is 3.93. The monoisotopic (exact) mass is 176 g/mol. The third-order valence-corrected chi connectivity index (χ3v) is 2.17. The Morgan fingerprint density at radius 1 is 1.75 bits per heavy atom. The maximum Gasteiger partial charge on any atom is 0.407 e. The van der Waals surface area contributed by atoms with Gasteiger partial charge in [-0.25, -0.2) is 9.18 Å². The standard InChI is InChI=1S/C7H13FN2O2/c1-10(7(11)12)6-2-3-9-4-5(6)8/h5-6,9H,2-4H2,1H3,(H,11,12). The van der Waals surface area contributed by atoms with Gasteiger partial charge in [0.2, 0.25) is 0 Å². The fraction of sp³-hybridized carbons (Fsp3) is 0.857. The Hall–Kier alpha value is -0.840. The maximum atomic E-state index is 13.1. The van der Waals surface area contributed by atoms with Gasteiger partial charge in [-0.3, -0.25) is 0 Å². The normalized spacial score (nSPS) is 29.8. The number of alkyl halides is 1. The van der Waals surface area contributed by atoms with Gasteiger partial charge in [0.05, 0.1) is 6.04 Å². The number of carboxylic acid groups (broad SMARTS) is 1. The molecule has 0 saturated carbocycles. The first-order valence-electron chi connectivity index (χ1n) is 3.93. The average Bonchev–Trinajstić information content (AvgIpc) is 2.04. The van der Waals surface area contributed by atoms with Crippen molar-refractivity contribution >= 4 is 6.09 Å². The maximum absolute atomic E-state index is 13.1. The third-order valence-electron chi connectivity index (χ3n) is 2.17. The van der Waals surface area contributed by atoms with Crippen LogP contribution in [0.15, 0.2) is 0 Å². The van der Waals surface area contributed by atoms with E-state index in [9.17, 15) is 9.18 Å². The summed E-state index contributed by atoms with van der Waals surface area (Å²) in [6.45, 7) is 0.936. The van der Waals surface area contributed by atoms with Crippen molar-refractivity contribution < 1.29 is 14.3 Å². The number of hydrogen-bond donors (Lipinski definition) is 2. The van der Waals surface area contributed by atoms with Crippen molar-refractivity contribution in [3.63, 3.8) is 0 Å². The van der Waals surface area contributed by atoms with Gasteiger partial charge in [0.1, 0.15) is 6.17 Å². The van der Waals surface area contributed by atoms with Gasteiger partial charge in [0, 0.05) is 13.6 Å². The van der Waals surface area contributed by atoms with Gasteiger partial charge in [-0.2, -0.15) is 0 Å². The zero-order valence-corrected chi connectivity index (χ0v) is 6.96. The van der Waals surface area contributed by atoms with E-state index < -0.39 is 18.3 Å². The predicted octanol–water partition coefficient (Wildman–Crippen LogP) is 0.296. The highest BCUT2D eigenvalue weighted by Crippen LogP contribution is 2.13. The first-order chi connectivity index (χ1) is 5.63. The van der Waals surface area contributed by atoms with E-state index in [0.717, 1.165) is 4.90 Å². The third kappa shape index (κ3) is 1.85. The molecule has 1 rings (SSSR count). The minimum atomic E-state index is -1.08. The molecule has 5 heteroatoms. The molecule has 0 aromatic carbocycles. The van der Waals surface area contributed by atoms with Crippen LogP contribution in [0.2, 0.25) is 0 Å². The first kappa shape index (κ1) is 9.25. The zero-order valence-electron chi connectivity index (χ0n) is 6.96. The average molecular weight is 176 g/mol. The van der Waals surface area contributed by atoms with Crippen molar-refractivity contribution in [1.82, 2.24) is 10.2 Å². The summed E-state index contributed by atoms with van der Waals surface area (Å²) in [7, 11) is 1.41. The molecule has 2 unspecified atom stereocenters. The summed E-state index contributed by atoms with van der Waals surface area (Å²) in [4.78, 5) is 11.5. The summed E-state index contributed by atoms with van der Waals surface area (Å²) >= 11 is 0. The minimum Gasteiger partial charge on any atom is -0.465 e. The van der Waals surface area contributed by atoms with Crippen molar-refractivity contribution in [1.29, 1.82) is 0 Å². The fourth-order valence-electron chi connectivity index (χ4n) is 1.38. The van der Waals surface area contributed by atoms with E-state index in [-0.39, 0.29) is 6.54 Å². The smallest absolute Gasteiger partial charge is 0.407 e. The van der Waals surface area contributed by atoms with Gasteiger partial charge >= 0.3 is 6.09 Å². The topological polar surface area (TPSA) is 52.6 Å². The van der Waals surface area contributed by atoms with E-state index >= 15 is 0 Å². The Kier molecular flexibility index (Phi) is 2.86. The molecule has 0 bridgehead atoms. The lowest BCUT2D eigenvalue weighted by atomic mass is 10.0. The van der Waals surface area contributed by atoms with E-state index in [1.54, 1.807) is 0 Å². The quantitative estimate of drug-likeness (QED) is 0.604. The summed E-state index contributed by atoms with van der Waals surface area (Å²) in [5.41, 5.74) is 0. The SMILES string of the molecule is CN(C(=O)O)C1CCNCC1F. The molecule has 12 heavy (non-hydrogen) atoms. The number of halogens is 1. The van der Waals surface area contributed by atoms with Crippen LogP contribution in [-0.2, 0) is 0 Å². The molecule has 1 amide bonds. The van der Waals surface area contributed by atoms with Gasteiger partial charge in [-0.05, 0) is 13.0 Å². The number of piperidine rings is 1. The van der Waals surface area contributed by atoms with Crippen molar-refractivity contribution in [2.24, 2.45) is 0 Å². The van der Waals surface area contributed by atoms with Gasteiger partial charge in [0.15, 0.2) is 0 Å². The number of carbonyl (C=O) groups is 1. The lowest BCUT2D eigenvalue weighted by Crippen LogP contribution is -2.51. The van der Waals surface area contributed by atoms with Gasteiger partial charge in [0.25, 0.3) is 0 Å². The lowest BCUT2D eigenvalue weighted by Gasteiger charge is -2.32. The number of hydrogen-bond acceptors (Lipinski definition) is 2. The molecule has 0 spiro atoms. The van der Waals surface area contributed by atoms with Gasteiger partial charge in [-0.1, -0.05) is 0 Å². The molecule has 1 saturated heterocycles. The van der Waals surface area contributed by atoms with Crippen molar-refractivity contribution in [2.75, 3.05) is 20.1 Å². The van der Waals surface area contributed by atoms with Crippen LogP contribution in [0.4, 0.5) is 9.18 Å². The summed E-state index contributed by atoms with van der Waals surface area (Å²) < 4.78 is 13.1. The Bertz CT molecular complexity index is 177. The molecule has 70 valence electrons. The molecule has 0 aromatic heterocycles. The van der Waals surface area contributed by atoms with Crippen molar-refractivity contribution in [2.45, 2.75) is 18.6 Å². The Balaban J connectivity index is 2.53. The van der Waals surface area contributed by atoms with Crippen molar-refractivity contribution in [3.05, 3.63) is 0 Å². The molecule has 1 aliphatic rings. The molecule has 0 radical (unpaired) electrons. The van der Waals surface area contributed by atoms with Crippen LogP contribution < -0.4 is 5.32 Å². The van der Waals surface area contributed by atoms with Gasteiger partial charge < -0.3 is 15.3 Å². The molecule has 2 N–H and O–H groups in total. The van der Waals surface area contributed by atoms with Crippen LogP contribution in [0.3, 0.4) is 0 Å². The second-order valence-corrected chi connectivity index (χ2v) is 2.97. The van der Waals surface area contributed by atoms with Crippen LogP contribution in [0.25, 0.3) is 0 Å². The summed E-state index contributed by atoms with van der Waals surface area (Å²) in [6.07, 6.45) is -1.60. The second-order valence-electron chi connectivity index (χ2n) is 2.97. The van der Waals surface area contributed by atoms with Crippen LogP contribution in [0.1, 0.15) is 6.42 Å². The largest absolute Gasteiger partial charge is 0.465 e. The van der Waals surface area contributed by atoms with E-state index in [1.165, 1.54) is 7.05 Å². The molecule has 1 aliphatic heterocycles. The molecule has 2 atom stereocenters. The highest BCUT2D eigenvalue weighted by atomic mass is 19.1. The van der Waals surface area contributed by atoms with Crippen LogP contribution in [0.5, 0.6) is 0 Å². The molecule has 0 aromatic rings. The molecular weight excluding hydrogens is 163 g/mol.